The van der Waals surface area contributed by atoms with E-state index in [-0.39, 0.29) is 0 Å². The van der Waals surface area contributed by atoms with Crippen LogP contribution in [0.4, 0.5) is 0 Å². The molecule has 1 aromatic rings. The van der Waals surface area contributed by atoms with Crippen LogP contribution in [0, 0.1) is 6.92 Å². The highest BCUT2D eigenvalue weighted by Crippen LogP contribution is 2.43. The second-order valence-corrected chi connectivity index (χ2v) is 6.04. The van der Waals surface area contributed by atoms with Gasteiger partial charge in [0.05, 0.1) is 0 Å². The SMILES string of the molecule is Cc1cccc(C2CCCC2)c1C1CCCC1. The molecule has 1 aromatic carbocycles. The highest BCUT2D eigenvalue weighted by molar-refractivity contribution is 5.40. The minimum absolute atomic E-state index is 0.880. The summed E-state index contributed by atoms with van der Waals surface area (Å²) in [4.78, 5) is 0. The molecule has 2 aliphatic carbocycles. The largest absolute Gasteiger partial charge is 0.0617 e. The first-order valence-electron chi connectivity index (χ1n) is 7.45. The van der Waals surface area contributed by atoms with E-state index in [1.54, 1.807) is 16.7 Å². The van der Waals surface area contributed by atoms with Gasteiger partial charge in [0.2, 0.25) is 0 Å². The lowest BCUT2D eigenvalue weighted by Gasteiger charge is -2.22. The van der Waals surface area contributed by atoms with Crippen LogP contribution >= 0.6 is 0 Å². The van der Waals surface area contributed by atoms with Gasteiger partial charge in [0.15, 0.2) is 0 Å². The van der Waals surface area contributed by atoms with Gasteiger partial charge in [0.25, 0.3) is 0 Å². The highest BCUT2D eigenvalue weighted by atomic mass is 14.3. The number of rotatable bonds is 2. The first kappa shape index (κ1) is 11.3. The molecule has 0 N–H and O–H groups in total. The lowest BCUT2D eigenvalue weighted by atomic mass is 9.83. The van der Waals surface area contributed by atoms with Crippen molar-refractivity contribution in [1.82, 2.24) is 0 Å². The molecule has 92 valence electrons. The molecule has 2 aliphatic rings. The fourth-order valence-electron chi connectivity index (χ4n) is 4.07. The van der Waals surface area contributed by atoms with Crippen molar-refractivity contribution in [3.05, 3.63) is 34.9 Å². The van der Waals surface area contributed by atoms with Gasteiger partial charge in [-0.05, 0) is 61.1 Å². The Hall–Kier alpha value is -0.780. The third-order valence-corrected chi connectivity index (χ3v) is 4.92. The Balaban J connectivity index is 1.98. The van der Waals surface area contributed by atoms with Crippen LogP contribution in [0.3, 0.4) is 0 Å². The van der Waals surface area contributed by atoms with Gasteiger partial charge in [-0.1, -0.05) is 43.9 Å². The predicted molar refractivity (Wildman–Crippen MR) is 73.6 cm³/mol. The zero-order chi connectivity index (χ0) is 11.7. The summed E-state index contributed by atoms with van der Waals surface area (Å²) in [5, 5.41) is 0. The Bertz CT molecular complexity index is 379. The standard InChI is InChI=1S/C17H24/c1-13-7-6-12-16(14-8-2-3-9-14)17(13)15-10-4-5-11-15/h6-7,12,14-15H,2-5,8-11H2,1H3. The molecule has 2 saturated carbocycles. The third-order valence-electron chi connectivity index (χ3n) is 4.92. The Labute approximate surface area is 105 Å². The summed E-state index contributed by atoms with van der Waals surface area (Å²) < 4.78 is 0. The average molecular weight is 228 g/mol. The molecule has 2 fully saturated rings. The van der Waals surface area contributed by atoms with E-state index in [2.05, 4.69) is 25.1 Å². The van der Waals surface area contributed by atoms with Gasteiger partial charge in [0.1, 0.15) is 0 Å². The quantitative estimate of drug-likeness (QED) is 0.643. The maximum Gasteiger partial charge on any atom is -0.0157 e. The molecular formula is C17H24. The van der Waals surface area contributed by atoms with Crippen LogP contribution in [0.25, 0.3) is 0 Å². The molecule has 0 heterocycles. The Kier molecular flexibility index (Phi) is 3.22. The first-order chi connectivity index (χ1) is 8.36. The van der Waals surface area contributed by atoms with E-state index in [1.807, 2.05) is 0 Å². The van der Waals surface area contributed by atoms with E-state index >= 15 is 0 Å². The van der Waals surface area contributed by atoms with Crippen LogP contribution in [0.15, 0.2) is 18.2 Å². The van der Waals surface area contributed by atoms with E-state index in [1.165, 1.54) is 51.4 Å². The molecule has 0 amide bonds. The fraction of sp³-hybridized carbons (Fsp3) is 0.647. The third kappa shape index (κ3) is 2.14. The summed E-state index contributed by atoms with van der Waals surface area (Å²) in [6.07, 6.45) is 11.5. The van der Waals surface area contributed by atoms with Crippen LogP contribution in [0.2, 0.25) is 0 Å². The Morgan fingerprint density at radius 1 is 0.824 bits per heavy atom. The topological polar surface area (TPSA) is 0 Å². The van der Waals surface area contributed by atoms with Gasteiger partial charge < -0.3 is 0 Å². The lowest BCUT2D eigenvalue weighted by molar-refractivity contribution is 0.661. The molecule has 0 nitrogen and oxygen atoms in total. The molecule has 0 saturated heterocycles. The van der Waals surface area contributed by atoms with Gasteiger partial charge in [-0.2, -0.15) is 0 Å². The van der Waals surface area contributed by atoms with Crippen molar-refractivity contribution in [3.8, 4) is 0 Å². The smallest absolute Gasteiger partial charge is 0.0157 e. The maximum atomic E-state index is 2.43. The first-order valence-corrected chi connectivity index (χ1v) is 7.45. The minimum atomic E-state index is 0.880. The number of aryl methyl sites for hydroxylation is 1. The molecule has 0 aliphatic heterocycles. The normalized spacial score (nSPS) is 22.4. The monoisotopic (exact) mass is 228 g/mol. The van der Waals surface area contributed by atoms with Crippen molar-refractivity contribution < 1.29 is 0 Å². The molecular weight excluding hydrogens is 204 g/mol. The van der Waals surface area contributed by atoms with Gasteiger partial charge in [0, 0.05) is 0 Å². The van der Waals surface area contributed by atoms with Crippen LogP contribution < -0.4 is 0 Å². The van der Waals surface area contributed by atoms with E-state index in [4.69, 9.17) is 0 Å². The van der Waals surface area contributed by atoms with E-state index in [0.717, 1.165) is 11.8 Å². The van der Waals surface area contributed by atoms with Crippen molar-refractivity contribution in [2.45, 2.75) is 70.1 Å². The average Bonchev–Trinajstić information content (AvgIpc) is 3.02. The fourth-order valence-corrected chi connectivity index (χ4v) is 4.07. The second kappa shape index (κ2) is 4.84. The van der Waals surface area contributed by atoms with Crippen LogP contribution in [-0.4, -0.2) is 0 Å². The van der Waals surface area contributed by atoms with Crippen molar-refractivity contribution in [1.29, 1.82) is 0 Å². The molecule has 3 rings (SSSR count). The predicted octanol–water partition coefficient (Wildman–Crippen LogP) is 5.31. The molecule has 0 spiro atoms. The highest BCUT2D eigenvalue weighted by Gasteiger charge is 2.26. The van der Waals surface area contributed by atoms with E-state index < -0.39 is 0 Å². The summed E-state index contributed by atoms with van der Waals surface area (Å²) in [7, 11) is 0. The number of benzene rings is 1. The molecule has 0 heteroatoms. The second-order valence-electron chi connectivity index (χ2n) is 6.04. The molecule has 0 bridgehead atoms. The summed E-state index contributed by atoms with van der Waals surface area (Å²) in [5.41, 5.74) is 5.02. The van der Waals surface area contributed by atoms with Crippen molar-refractivity contribution in [3.63, 3.8) is 0 Å². The van der Waals surface area contributed by atoms with E-state index in [0.29, 0.717) is 0 Å². The summed E-state index contributed by atoms with van der Waals surface area (Å²) in [5.74, 6) is 1.76. The summed E-state index contributed by atoms with van der Waals surface area (Å²) in [6, 6.07) is 7.03. The zero-order valence-corrected chi connectivity index (χ0v) is 11.0. The molecule has 0 unspecified atom stereocenters. The van der Waals surface area contributed by atoms with Gasteiger partial charge >= 0.3 is 0 Å². The van der Waals surface area contributed by atoms with Crippen molar-refractivity contribution >= 4 is 0 Å². The van der Waals surface area contributed by atoms with Gasteiger partial charge in [-0.3, -0.25) is 0 Å². The van der Waals surface area contributed by atoms with E-state index in [9.17, 15) is 0 Å². The summed E-state index contributed by atoms with van der Waals surface area (Å²) >= 11 is 0. The molecule has 0 aromatic heterocycles. The van der Waals surface area contributed by atoms with Crippen LogP contribution in [0.1, 0.15) is 79.9 Å². The Morgan fingerprint density at radius 3 is 2.06 bits per heavy atom. The number of hydrogen-bond donors (Lipinski definition) is 0. The maximum absolute atomic E-state index is 2.43. The lowest BCUT2D eigenvalue weighted by Crippen LogP contribution is -2.05. The van der Waals surface area contributed by atoms with Crippen molar-refractivity contribution in [2.24, 2.45) is 0 Å². The minimum Gasteiger partial charge on any atom is -0.0617 e. The van der Waals surface area contributed by atoms with Gasteiger partial charge in [-0.25, -0.2) is 0 Å². The zero-order valence-electron chi connectivity index (χ0n) is 11.0. The number of hydrogen-bond acceptors (Lipinski definition) is 0. The molecule has 17 heavy (non-hydrogen) atoms. The molecule has 0 radical (unpaired) electrons. The van der Waals surface area contributed by atoms with Crippen LogP contribution in [0.5, 0.6) is 0 Å². The molecule has 0 atom stereocenters. The summed E-state index contributed by atoms with van der Waals surface area (Å²) in [6.45, 7) is 2.33. The van der Waals surface area contributed by atoms with Gasteiger partial charge in [-0.15, -0.1) is 0 Å². The Morgan fingerprint density at radius 2 is 1.41 bits per heavy atom. The van der Waals surface area contributed by atoms with Crippen molar-refractivity contribution in [2.75, 3.05) is 0 Å². The van der Waals surface area contributed by atoms with Crippen LogP contribution in [-0.2, 0) is 0 Å².